The Labute approximate surface area is 180 Å². The van der Waals surface area contributed by atoms with Crippen LogP contribution in [0.25, 0.3) is 0 Å². The van der Waals surface area contributed by atoms with E-state index >= 15 is 0 Å². The minimum atomic E-state index is -0.359. The molecule has 0 fully saturated rings. The van der Waals surface area contributed by atoms with Crippen LogP contribution in [0, 0.1) is 5.82 Å². The van der Waals surface area contributed by atoms with Crippen molar-refractivity contribution in [1.29, 1.82) is 0 Å². The van der Waals surface area contributed by atoms with Crippen LogP contribution >= 0.6 is 23.1 Å². The first-order valence-corrected chi connectivity index (χ1v) is 10.6. The molecule has 2 aromatic carbocycles. The van der Waals surface area contributed by atoms with Crippen molar-refractivity contribution in [3.63, 3.8) is 0 Å². The molecule has 0 saturated heterocycles. The highest BCUT2D eigenvalue weighted by Gasteiger charge is 2.11. The molecule has 0 atom stereocenters. The standard InChI is InChI=1S/C20H17FN4O3S2/c1-12(26)14-4-8-16(9-5-14)22-18(28)11-29-20-25-24-19(30-20)23-17(27)10-13-2-6-15(21)7-3-13/h2-9H,10-11H2,1H3,(H,22,28)(H,23,24,27). The van der Waals surface area contributed by atoms with Gasteiger partial charge in [-0.1, -0.05) is 35.2 Å². The highest BCUT2D eigenvalue weighted by molar-refractivity contribution is 8.01. The van der Waals surface area contributed by atoms with Crippen molar-refractivity contribution >= 4 is 51.5 Å². The summed E-state index contributed by atoms with van der Waals surface area (Å²) in [6, 6.07) is 12.3. The second kappa shape index (κ2) is 10.1. The molecule has 10 heteroatoms. The lowest BCUT2D eigenvalue weighted by atomic mass is 10.1. The Balaban J connectivity index is 1.45. The van der Waals surface area contributed by atoms with E-state index in [-0.39, 0.29) is 35.6 Å². The molecule has 1 aromatic heterocycles. The molecule has 0 spiro atoms. The van der Waals surface area contributed by atoms with E-state index < -0.39 is 0 Å². The number of hydrogen-bond acceptors (Lipinski definition) is 7. The van der Waals surface area contributed by atoms with Crippen molar-refractivity contribution < 1.29 is 18.8 Å². The summed E-state index contributed by atoms with van der Waals surface area (Å²) >= 11 is 2.35. The number of carbonyl (C=O) groups is 3. The molecule has 3 aromatic rings. The summed E-state index contributed by atoms with van der Waals surface area (Å²) in [5, 5.41) is 13.5. The zero-order valence-electron chi connectivity index (χ0n) is 15.8. The third-order valence-electron chi connectivity index (χ3n) is 3.83. The SMILES string of the molecule is CC(=O)c1ccc(NC(=O)CSc2nnc(NC(=O)Cc3ccc(F)cc3)s2)cc1. The van der Waals surface area contributed by atoms with Crippen LogP contribution in [-0.4, -0.2) is 33.5 Å². The number of benzene rings is 2. The van der Waals surface area contributed by atoms with Gasteiger partial charge in [-0.15, -0.1) is 10.2 Å². The fraction of sp³-hybridized carbons (Fsp3) is 0.150. The molecular weight excluding hydrogens is 427 g/mol. The molecule has 3 rings (SSSR count). The molecule has 2 N–H and O–H groups in total. The smallest absolute Gasteiger partial charge is 0.234 e. The zero-order chi connectivity index (χ0) is 21.5. The second-order valence-corrected chi connectivity index (χ2v) is 8.39. The minimum Gasteiger partial charge on any atom is -0.325 e. The van der Waals surface area contributed by atoms with Gasteiger partial charge < -0.3 is 10.6 Å². The van der Waals surface area contributed by atoms with Crippen LogP contribution < -0.4 is 10.6 Å². The van der Waals surface area contributed by atoms with Gasteiger partial charge in [-0.25, -0.2) is 4.39 Å². The Hall–Kier alpha value is -3.11. The van der Waals surface area contributed by atoms with Crippen LogP contribution in [0.2, 0.25) is 0 Å². The number of amides is 2. The van der Waals surface area contributed by atoms with Gasteiger partial charge in [0.05, 0.1) is 12.2 Å². The normalized spacial score (nSPS) is 10.5. The minimum absolute atomic E-state index is 0.0414. The van der Waals surface area contributed by atoms with E-state index in [1.807, 2.05) is 0 Å². The van der Waals surface area contributed by atoms with E-state index in [2.05, 4.69) is 20.8 Å². The van der Waals surface area contributed by atoms with Gasteiger partial charge in [0.15, 0.2) is 10.1 Å². The van der Waals surface area contributed by atoms with Crippen molar-refractivity contribution in [3.05, 3.63) is 65.5 Å². The van der Waals surface area contributed by atoms with Gasteiger partial charge in [-0.2, -0.15) is 0 Å². The van der Waals surface area contributed by atoms with Gasteiger partial charge in [0.1, 0.15) is 5.82 Å². The van der Waals surface area contributed by atoms with Gasteiger partial charge >= 0.3 is 0 Å². The number of thioether (sulfide) groups is 1. The van der Waals surface area contributed by atoms with Crippen molar-refractivity contribution in [2.45, 2.75) is 17.7 Å². The fourth-order valence-electron chi connectivity index (χ4n) is 2.38. The zero-order valence-corrected chi connectivity index (χ0v) is 17.5. The topological polar surface area (TPSA) is 101 Å². The van der Waals surface area contributed by atoms with E-state index in [1.54, 1.807) is 36.4 Å². The summed E-state index contributed by atoms with van der Waals surface area (Å²) in [6.45, 7) is 1.48. The lowest BCUT2D eigenvalue weighted by Crippen LogP contribution is -2.14. The summed E-state index contributed by atoms with van der Waals surface area (Å²) in [5.41, 5.74) is 1.85. The number of carbonyl (C=O) groups excluding carboxylic acids is 3. The maximum Gasteiger partial charge on any atom is 0.234 e. The van der Waals surface area contributed by atoms with Gasteiger partial charge in [0, 0.05) is 11.3 Å². The summed E-state index contributed by atoms with van der Waals surface area (Å²) in [5.74, 6) is -0.803. The molecule has 154 valence electrons. The molecule has 0 unspecified atom stereocenters. The quantitative estimate of drug-likeness (QED) is 0.311. The molecule has 0 aliphatic carbocycles. The maximum atomic E-state index is 12.9. The highest BCUT2D eigenvalue weighted by atomic mass is 32.2. The summed E-state index contributed by atoms with van der Waals surface area (Å²) in [7, 11) is 0. The number of hydrogen-bond donors (Lipinski definition) is 2. The van der Waals surface area contributed by atoms with Crippen LogP contribution in [0.15, 0.2) is 52.9 Å². The number of ketones is 1. The predicted octanol–water partition coefficient (Wildman–Crippen LogP) is 3.79. The first-order chi connectivity index (χ1) is 14.4. The number of nitrogens with zero attached hydrogens (tertiary/aromatic N) is 2. The molecule has 7 nitrogen and oxygen atoms in total. The van der Waals surface area contributed by atoms with E-state index in [0.29, 0.717) is 26.3 Å². The second-order valence-electron chi connectivity index (χ2n) is 6.19. The molecular formula is C20H17FN4O3S2. The van der Waals surface area contributed by atoms with Gasteiger partial charge in [0.2, 0.25) is 16.9 Å². The van der Waals surface area contributed by atoms with Gasteiger partial charge in [0.25, 0.3) is 0 Å². The molecule has 0 aliphatic rings. The molecule has 1 heterocycles. The summed E-state index contributed by atoms with van der Waals surface area (Å²) in [6.07, 6.45) is 0.0904. The van der Waals surface area contributed by atoms with Crippen molar-refractivity contribution in [2.24, 2.45) is 0 Å². The lowest BCUT2D eigenvalue weighted by Gasteiger charge is -2.04. The van der Waals surface area contributed by atoms with Crippen molar-refractivity contribution in [2.75, 3.05) is 16.4 Å². The van der Waals surface area contributed by atoms with E-state index in [0.717, 1.165) is 11.3 Å². The molecule has 0 bridgehead atoms. The highest BCUT2D eigenvalue weighted by Crippen LogP contribution is 2.25. The Bertz CT molecular complexity index is 1050. The Morgan fingerprint density at radius 2 is 1.67 bits per heavy atom. The van der Waals surface area contributed by atoms with E-state index in [4.69, 9.17) is 0 Å². The van der Waals surface area contributed by atoms with E-state index in [9.17, 15) is 18.8 Å². The average Bonchev–Trinajstić information content (AvgIpc) is 3.16. The number of aromatic nitrogens is 2. The van der Waals surface area contributed by atoms with Crippen LogP contribution in [0.3, 0.4) is 0 Å². The number of halogens is 1. The molecule has 30 heavy (non-hydrogen) atoms. The predicted molar refractivity (Wildman–Crippen MR) is 114 cm³/mol. The van der Waals surface area contributed by atoms with Crippen LogP contribution in [0.1, 0.15) is 22.8 Å². The Kier molecular flexibility index (Phi) is 7.26. The molecule has 2 amide bonds. The number of Topliss-reactive ketones (excluding diaryl/α,β-unsaturated/α-hetero) is 1. The number of anilines is 2. The first kappa shape index (κ1) is 21.6. The average molecular weight is 445 g/mol. The van der Waals surface area contributed by atoms with E-state index in [1.165, 1.54) is 30.8 Å². The monoisotopic (exact) mass is 444 g/mol. The number of nitrogens with one attached hydrogen (secondary N) is 2. The third kappa shape index (κ3) is 6.46. The summed E-state index contributed by atoms with van der Waals surface area (Å²) in [4.78, 5) is 35.4. The van der Waals surface area contributed by atoms with Crippen LogP contribution in [-0.2, 0) is 16.0 Å². The Morgan fingerprint density at radius 3 is 2.33 bits per heavy atom. The fourth-order valence-corrected chi connectivity index (χ4v) is 3.95. The first-order valence-electron chi connectivity index (χ1n) is 8.80. The van der Waals surface area contributed by atoms with Gasteiger partial charge in [-0.3, -0.25) is 14.4 Å². The lowest BCUT2D eigenvalue weighted by molar-refractivity contribution is -0.115. The Morgan fingerprint density at radius 1 is 0.967 bits per heavy atom. The van der Waals surface area contributed by atoms with Gasteiger partial charge in [-0.05, 0) is 48.9 Å². The molecule has 0 aliphatic heterocycles. The maximum absolute atomic E-state index is 12.9. The van der Waals surface area contributed by atoms with Crippen LogP contribution in [0.5, 0.6) is 0 Å². The third-order valence-corrected chi connectivity index (χ3v) is 5.80. The summed E-state index contributed by atoms with van der Waals surface area (Å²) < 4.78 is 13.4. The molecule has 0 radical (unpaired) electrons. The molecule has 0 saturated carbocycles. The van der Waals surface area contributed by atoms with Crippen molar-refractivity contribution in [3.8, 4) is 0 Å². The largest absolute Gasteiger partial charge is 0.325 e. The van der Waals surface area contributed by atoms with Crippen molar-refractivity contribution in [1.82, 2.24) is 10.2 Å². The number of rotatable bonds is 8. The van der Waals surface area contributed by atoms with Crippen LogP contribution in [0.4, 0.5) is 15.2 Å².